The minimum Gasteiger partial charge on any atom is -0.496 e. The van der Waals surface area contributed by atoms with Crippen LogP contribution in [0.25, 0.3) is 0 Å². The zero-order valence-electron chi connectivity index (χ0n) is 18.2. The molecule has 2 rings (SSSR count). The summed E-state index contributed by atoms with van der Waals surface area (Å²) in [5, 5.41) is 14.4. The second-order valence-electron chi connectivity index (χ2n) is 8.01. The minimum atomic E-state index is -1.30. The van der Waals surface area contributed by atoms with Crippen molar-refractivity contribution in [3.05, 3.63) is 42.1 Å². The molecule has 8 nitrogen and oxygen atoms in total. The number of hydrogen-bond acceptors (Lipinski definition) is 5. The standard InChI is InChI=1S/C22H29N3O5/c1-7-22(21(3,4)5,25-20(27)28)19(26)24-15-9-11-18(23-13-15)30-16-10-8-14(2)17(12-16)29-6/h8-13,25H,7H2,1-6H3,(H,24,26)(H,27,28)/t22-/m0/s1. The molecule has 1 aromatic heterocycles. The summed E-state index contributed by atoms with van der Waals surface area (Å²) in [5.41, 5.74) is -0.523. The molecule has 30 heavy (non-hydrogen) atoms. The Morgan fingerprint density at radius 1 is 1.17 bits per heavy atom. The smallest absolute Gasteiger partial charge is 0.405 e. The molecule has 0 spiro atoms. The summed E-state index contributed by atoms with van der Waals surface area (Å²) in [6.07, 6.45) is 0.499. The van der Waals surface area contributed by atoms with Gasteiger partial charge >= 0.3 is 6.09 Å². The second kappa shape index (κ2) is 9.02. The van der Waals surface area contributed by atoms with E-state index in [4.69, 9.17) is 9.47 Å². The van der Waals surface area contributed by atoms with Gasteiger partial charge in [-0.3, -0.25) is 4.79 Å². The van der Waals surface area contributed by atoms with Crippen molar-refractivity contribution in [2.75, 3.05) is 12.4 Å². The quantitative estimate of drug-likeness (QED) is 0.610. The Labute approximate surface area is 176 Å². The maximum Gasteiger partial charge on any atom is 0.405 e. The summed E-state index contributed by atoms with van der Waals surface area (Å²) in [7, 11) is 1.59. The third-order valence-electron chi connectivity index (χ3n) is 5.11. The molecule has 0 bridgehead atoms. The summed E-state index contributed by atoms with van der Waals surface area (Å²) in [4.78, 5) is 28.6. The predicted molar refractivity (Wildman–Crippen MR) is 114 cm³/mol. The molecule has 0 aliphatic heterocycles. The fourth-order valence-electron chi connectivity index (χ4n) is 3.28. The number of hydrogen-bond donors (Lipinski definition) is 3. The monoisotopic (exact) mass is 415 g/mol. The number of aryl methyl sites for hydroxylation is 1. The van der Waals surface area contributed by atoms with Crippen molar-refractivity contribution in [1.82, 2.24) is 10.3 Å². The van der Waals surface area contributed by atoms with Crippen LogP contribution in [-0.4, -0.2) is 34.7 Å². The molecule has 0 fully saturated rings. The van der Waals surface area contributed by atoms with Crippen molar-refractivity contribution in [3.63, 3.8) is 0 Å². The molecule has 2 amide bonds. The van der Waals surface area contributed by atoms with E-state index in [1.54, 1.807) is 32.2 Å². The van der Waals surface area contributed by atoms with Gasteiger partial charge in [0.05, 0.1) is 19.0 Å². The molecule has 0 aliphatic carbocycles. The zero-order valence-corrected chi connectivity index (χ0v) is 18.2. The van der Waals surface area contributed by atoms with Gasteiger partial charge in [0.2, 0.25) is 5.88 Å². The third-order valence-corrected chi connectivity index (χ3v) is 5.11. The van der Waals surface area contributed by atoms with Gasteiger partial charge in [0.25, 0.3) is 5.91 Å². The molecule has 0 aliphatic rings. The number of nitrogens with zero attached hydrogens (tertiary/aromatic N) is 1. The van der Waals surface area contributed by atoms with Crippen molar-refractivity contribution in [2.24, 2.45) is 5.41 Å². The van der Waals surface area contributed by atoms with Crippen LogP contribution in [0.4, 0.5) is 10.5 Å². The average Bonchev–Trinajstić information content (AvgIpc) is 2.67. The zero-order chi connectivity index (χ0) is 22.5. The van der Waals surface area contributed by atoms with E-state index in [1.165, 1.54) is 6.20 Å². The van der Waals surface area contributed by atoms with E-state index in [0.717, 1.165) is 5.56 Å². The second-order valence-corrected chi connectivity index (χ2v) is 8.01. The van der Waals surface area contributed by atoms with Gasteiger partial charge in [-0.15, -0.1) is 0 Å². The molecule has 0 unspecified atom stereocenters. The van der Waals surface area contributed by atoms with Crippen LogP contribution in [0.15, 0.2) is 36.5 Å². The summed E-state index contributed by atoms with van der Waals surface area (Å²) in [5.74, 6) is 1.18. The van der Waals surface area contributed by atoms with Gasteiger partial charge in [0.1, 0.15) is 17.0 Å². The Morgan fingerprint density at radius 3 is 2.37 bits per heavy atom. The van der Waals surface area contributed by atoms with Gasteiger partial charge in [-0.25, -0.2) is 9.78 Å². The Kier molecular flexibility index (Phi) is 6.92. The first kappa shape index (κ1) is 23.0. The molecule has 0 radical (unpaired) electrons. The number of anilines is 1. The first-order valence-electron chi connectivity index (χ1n) is 9.63. The summed E-state index contributed by atoms with van der Waals surface area (Å²) in [6.45, 7) is 9.16. The number of amides is 2. The number of carbonyl (C=O) groups excluding carboxylic acids is 1. The maximum atomic E-state index is 13.0. The van der Waals surface area contributed by atoms with Crippen LogP contribution in [0.2, 0.25) is 0 Å². The highest BCUT2D eigenvalue weighted by Gasteiger charge is 2.48. The molecule has 1 aromatic carbocycles. The van der Waals surface area contributed by atoms with E-state index in [9.17, 15) is 14.7 Å². The number of methoxy groups -OCH3 is 1. The highest BCUT2D eigenvalue weighted by molar-refractivity contribution is 6.00. The molecule has 0 saturated carbocycles. The number of benzene rings is 1. The Balaban J connectivity index is 2.17. The maximum absolute atomic E-state index is 13.0. The molecular weight excluding hydrogens is 386 g/mol. The van der Waals surface area contributed by atoms with Gasteiger partial charge in [-0.05, 0) is 36.5 Å². The summed E-state index contributed by atoms with van der Waals surface area (Å²) >= 11 is 0. The molecule has 1 atom stereocenters. The molecule has 0 saturated heterocycles. The van der Waals surface area contributed by atoms with Gasteiger partial charge in [0, 0.05) is 12.1 Å². The van der Waals surface area contributed by atoms with E-state index in [-0.39, 0.29) is 0 Å². The van der Waals surface area contributed by atoms with Gasteiger partial charge < -0.3 is 25.2 Å². The van der Waals surface area contributed by atoms with Gasteiger partial charge in [-0.2, -0.15) is 0 Å². The molecule has 8 heteroatoms. The first-order chi connectivity index (χ1) is 14.0. The van der Waals surface area contributed by atoms with Crippen LogP contribution in [0, 0.1) is 12.3 Å². The number of aromatic nitrogens is 1. The third kappa shape index (κ3) is 5.00. The largest absolute Gasteiger partial charge is 0.496 e. The van der Waals surface area contributed by atoms with Crippen molar-refractivity contribution in [3.8, 4) is 17.4 Å². The lowest BCUT2D eigenvalue weighted by Crippen LogP contribution is -2.63. The summed E-state index contributed by atoms with van der Waals surface area (Å²) in [6, 6.07) is 8.73. The molecular formula is C22H29N3O5. The fourth-order valence-corrected chi connectivity index (χ4v) is 3.28. The lowest BCUT2D eigenvalue weighted by atomic mass is 9.71. The van der Waals surface area contributed by atoms with Crippen molar-refractivity contribution in [1.29, 1.82) is 0 Å². The number of carboxylic acid groups (broad SMARTS) is 1. The number of pyridine rings is 1. The van der Waals surface area contributed by atoms with Crippen LogP contribution >= 0.6 is 0 Å². The molecule has 1 heterocycles. The SMILES string of the molecule is CC[C@](NC(=O)O)(C(=O)Nc1ccc(Oc2ccc(C)c(OC)c2)nc1)C(C)(C)C. The first-order valence-corrected chi connectivity index (χ1v) is 9.63. The Morgan fingerprint density at radius 2 is 1.87 bits per heavy atom. The highest BCUT2D eigenvalue weighted by Crippen LogP contribution is 2.35. The van der Waals surface area contributed by atoms with Gasteiger partial charge in [0.15, 0.2) is 0 Å². The number of carbonyl (C=O) groups is 2. The lowest BCUT2D eigenvalue weighted by molar-refractivity contribution is -0.126. The van der Waals surface area contributed by atoms with Crippen molar-refractivity contribution < 1.29 is 24.2 Å². The highest BCUT2D eigenvalue weighted by atomic mass is 16.5. The minimum absolute atomic E-state index is 0.290. The normalized spacial score (nSPS) is 13.1. The van der Waals surface area contributed by atoms with Gasteiger partial charge in [-0.1, -0.05) is 33.8 Å². The van der Waals surface area contributed by atoms with Crippen LogP contribution in [0.3, 0.4) is 0 Å². The Bertz CT molecular complexity index is 906. The Hall–Kier alpha value is -3.29. The predicted octanol–water partition coefficient (Wildman–Crippen LogP) is 4.59. The number of ether oxygens (including phenoxy) is 2. The number of rotatable bonds is 7. The summed E-state index contributed by atoms with van der Waals surface area (Å²) < 4.78 is 11.0. The van der Waals surface area contributed by atoms with E-state index >= 15 is 0 Å². The van der Waals surface area contributed by atoms with Crippen LogP contribution in [-0.2, 0) is 4.79 Å². The van der Waals surface area contributed by atoms with Crippen LogP contribution in [0.5, 0.6) is 17.4 Å². The van der Waals surface area contributed by atoms with Crippen LogP contribution in [0.1, 0.15) is 39.7 Å². The van der Waals surface area contributed by atoms with E-state index in [2.05, 4.69) is 15.6 Å². The topological polar surface area (TPSA) is 110 Å². The molecule has 162 valence electrons. The van der Waals surface area contributed by atoms with E-state index in [1.807, 2.05) is 39.8 Å². The van der Waals surface area contributed by atoms with E-state index < -0.39 is 23.0 Å². The van der Waals surface area contributed by atoms with Crippen molar-refractivity contribution in [2.45, 2.75) is 46.6 Å². The lowest BCUT2D eigenvalue weighted by Gasteiger charge is -2.42. The fraction of sp³-hybridized carbons (Fsp3) is 0.409. The van der Waals surface area contributed by atoms with Crippen molar-refractivity contribution >= 4 is 17.7 Å². The van der Waals surface area contributed by atoms with E-state index in [0.29, 0.717) is 29.5 Å². The van der Waals surface area contributed by atoms with Crippen LogP contribution < -0.4 is 20.1 Å². The molecule has 3 N–H and O–H groups in total. The molecule has 2 aromatic rings. The average molecular weight is 415 g/mol. The number of nitrogens with one attached hydrogen (secondary N) is 2.